The molecule has 1 aromatic rings. The van der Waals surface area contributed by atoms with Crippen LogP contribution < -0.4 is 5.32 Å². The molecule has 0 saturated carbocycles. The summed E-state index contributed by atoms with van der Waals surface area (Å²) in [6, 6.07) is 2.26. The third-order valence-corrected chi connectivity index (χ3v) is 3.31. The molecular weight excluding hydrogens is 228 g/mol. The van der Waals surface area contributed by atoms with Crippen LogP contribution in [0.1, 0.15) is 42.4 Å². The van der Waals surface area contributed by atoms with Crippen LogP contribution in [0.25, 0.3) is 0 Å². The van der Waals surface area contributed by atoms with Gasteiger partial charge < -0.3 is 10.2 Å². The molecule has 2 rings (SSSR count). The van der Waals surface area contributed by atoms with Gasteiger partial charge in [-0.2, -0.15) is 5.10 Å². The first-order valence-corrected chi connectivity index (χ1v) is 6.75. The summed E-state index contributed by atoms with van der Waals surface area (Å²) in [5.41, 5.74) is 1.45. The molecular formula is C13H22N4O. The largest absolute Gasteiger partial charge is 0.336 e. The molecule has 2 N–H and O–H groups in total. The first-order valence-electron chi connectivity index (χ1n) is 6.75. The SMILES string of the molecule is CCCN(CC1CCCN1)C(=O)c1cc(C)[nH]n1. The molecule has 1 saturated heterocycles. The molecule has 1 amide bonds. The van der Waals surface area contributed by atoms with Crippen molar-refractivity contribution in [3.05, 3.63) is 17.5 Å². The second-order valence-electron chi connectivity index (χ2n) is 4.98. The number of aromatic nitrogens is 2. The molecule has 0 radical (unpaired) electrons. The van der Waals surface area contributed by atoms with E-state index in [4.69, 9.17) is 0 Å². The summed E-state index contributed by atoms with van der Waals surface area (Å²) >= 11 is 0. The molecule has 5 nitrogen and oxygen atoms in total. The average molecular weight is 250 g/mol. The monoisotopic (exact) mass is 250 g/mol. The Hall–Kier alpha value is -1.36. The number of hydrogen-bond acceptors (Lipinski definition) is 3. The quantitative estimate of drug-likeness (QED) is 0.828. The van der Waals surface area contributed by atoms with E-state index in [1.807, 2.05) is 17.9 Å². The van der Waals surface area contributed by atoms with Crippen molar-refractivity contribution in [1.29, 1.82) is 0 Å². The molecule has 1 aliphatic heterocycles. The first-order chi connectivity index (χ1) is 8.70. The zero-order chi connectivity index (χ0) is 13.0. The molecule has 1 unspecified atom stereocenters. The number of nitrogens with one attached hydrogen (secondary N) is 2. The smallest absolute Gasteiger partial charge is 0.274 e. The van der Waals surface area contributed by atoms with Gasteiger partial charge in [0.1, 0.15) is 5.69 Å². The summed E-state index contributed by atoms with van der Waals surface area (Å²) in [7, 11) is 0. The predicted octanol–water partition coefficient (Wildman–Crippen LogP) is 1.32. The van der Waals surface area contributed by atoms with Gasteiger partial charge in [0.2, 0.25) is 0 Å². The standard InChI is InChI=1S/C13H22N4O/c1-3-7-17(9-11-5-4-6-14-11)13(18)12-8-10(2)15-16-12/h8,11,14H,3-7,9H2,1-2H3,(H,15,16). The number of aryl methyl sites for hydroxylation is 1. The maximum Gasteiger partial charge on any atom is 0.274 e. The Morgan fingerprint density at radius 2 is 2.44 bits per heavy atom. The van der Waals surface area contributed by atoms with E-state index >= 15 is 0 Å². The maximum atomic E-state index is 12.4. The Labute approximate surface area is 108 Å². The van der Waals surface area contributed by atoms with Crippen LogP contribution in [-0.4, -0.2) is 46.7 Å². The van der Waals surface area contributed by atoms with E-state index in [2.05, 4.69) is 22.4 Å². The summed E-state index contributed by atoms with van der Waals surface area (Å²) in [5, 5.41) is 10.3. The number of amides is 1. The summed E-state index contributed by atoms with van der Waals surface area (Å²) in [6.07, 6.45) is 3.34. The Morgan fingerprint density at radius 1 is 1.61 bits per heavy atom. The van der Waals surface area contributed by atoms with Crippen LogP contribution in [-0.2, 0) is 0 Å². The lowest BCUT2D eigenvalue weighted by Gasteiger charge is -2.24. The van der Waals surface area contributed by atoms with E-state index in [0.29, 0.717) is 11.7 Å². The highest BCUT2D eigenvalue weighted by atomic mass is 16.2. The van der Waals surface area contributed by atoms with Crippen molar-refractivity contribution in [2.24, 2.45) is 0 Å². The van der Waals surface area contributed by atoms with Crippen molar-refractivity contribution in [1.82, 2.24) is 20.4 Å². The van der Waals surface area contributed by atoms with Crippen LogP contribution in [0, 0.1) is 6.92 Å². The van der Waals surface area contributed by atoms with E-state index in [1.54, 1.807) is 0 Å². The fourth-order valence-electron chi connectivity index (χ4n) is 2.41. The Balaban J connectivity index is 2.01. The Kier molecular flexibility index (Phi) is 4.36. The van der Waals surface area contributed by atoms with Gasteiger partial charge in [-0.3, -0.25) is 9.89 Å². The number of aromatic amines is 1. The molecule has 18 heavy (non-hydrogen) atoms. The molecule has 1 aromatic heterocycles. The van der Waals surface area contributed by atoms with Crippen LogP contribution in [0.15, 0.2) is 6.07 Å². The third kappa shape index (κ3) is 3.10. The molecule has 5 heteroatoms. The molecule has 0 aromatic carbocycles. The zero-order valence-corrected chi connectivity index (χ0v) is 11.2. The molecule has 2 heterocycles. The van der Waals surface area contributed by atoms with Gasteiger partial charge in [0, 0.05) is 24.8 Å². The third-order valence-electron chi connectivity index (χ3n) is 3.31. The van der Waals surface area contributed by atoms with Gasteiger partial charge in [-0.25, -0.2) is 0 Å². The summed E-state index contributed by atoms with van der Waals surface area (Å²) < 4.78 is 0. The Morgan fingerprint density at radius 3 is 3.00 bits per heavy atom. The minimum Gasteiger partial charge on any atom is -0.336 e. The van der Waals surface area contributed by atoms with E-state index < -0.39 is 0 Å². The highest BCUT2D eigenvalue weighted by Gasteiger charge is 2.23. The number of carbonyl (C=O) groups excluding carboxylic acids is 1. The van der Waals surface area contributed by atoms with Gasteiger partial charge in [-0.1, -0.05) is 6.92 Å². The molecule has 0 bridgehead atoms. The number of H-pyrrole nitrogens is 1. The fraction of sp³-hybridized carbons (Fsp3) is 0.692. The fourth-order valence-corrected chi connectivity index (χ4v) is 2.41. The van der Waals surface area contributed by atoms with Crippen molar-refractivity contribution in [3.8, 4) is 0 Å². The molecule has 100 valence electrons. The van der Waals surface area contributed by atoms with Gasteiger partial charge in [0.05, 0.1) is 0 Å². The Bertz CT molecular complexity index is 395. The summed E-state index contributed by atoms with van der Waals surface area (Å²) in [6.45, 7) is 6.66. The molecule has 1 fully saturated rings. The van der Waals surface area contributed by atoms with E-state index in [-0.39, 0.29) is 5.91 Å². The molecule has 0 aliphatic carbocycles. The number of nitrogens with zero attached hydrogens (tertiary/aromatic N) is 2. The van der Waals surface area contributed by atoms with E-state index in [1.165, 1.54) is 6.42 Å². The second-order valence-corrected chi connectivity index (χ2v) is 4.98. The van der Waals surface area contributed by atoms with Crippen molar-refractivity contribution in [2.75, 3.05) is 19.6 Å². The summed E-state index contributed by atoms with van der Waals surface area (Å²) in [5.74, 6) is 0.0369. The topological polar surface area (TPSA) is 61.0 Å². The molecule has 0 spiro atoms. The lowest BCUT2D eigenvalue weighted by atomic mass is 10.2. The van der Waals surface area contributed by atoms with Crippen LogP contribution >= 0.6 is 0 Å². The number of carbonyl (C=O) groups is 1. The lowest BCUT2D eigenvalue weighted by molar-refractivity contribution is 0.0736. The number of rotatable bonds is 5. The minimum atomic E-state index is 0.0369. The normalized spacial score (nSPS) is 19.1. The van der Waals surface area contributed by atoms with Crippen molar-refractivity contribution in [3.63, 3.8) is 0 Å². The predicted molar refractivity (Wildman–Crippen MR) is 70.5 cm³/mol. The van der Waals surface area contributed by atoms with Gasteiger partial charge in [0.15, 0.2) is 0 Å². The van der Waals surface area contributed by atoms with Crippen molar-refractivity contribution >= 4 is 5.91 Å². The minimum absolute atomic E-state index is 0.0369. The van der Waals surface area contributed by atoms with Crippen molar-refractivity contribution < 1.29 is 4.79 Å². The van der Waals surface area contributed by atoms with Gasteiger partial charge >= 0.3 is 0 Å². The maximum absolute atomic E-state index is 12.4. The van der Waals surface area contributed by atoms with Crippen LogP contribution in [0.4, 0.5) is 0 Å². The average Bonchev–Trinajstić information content (AvgIpc) is 2.99. The van der Waals surface area contributed by atoms with Gasteiger partial charge in [-0.05, 0) is 38.8 Å². The highest BCUT2D eigenvalue weighted by molar-refractivity contribution is 5.92. The zero-order valence-electron chi connectivity index (χ0n) is 11.2. The lowest BCUT2D eigenvalue weighted by Crippen LogP contribution is -2.41. The van der Waals surface area contributed by atoms with Gasteiger partial charge in [0.25, 0.3) is 5.91 Å². The first kappa shape index (κ1) is 13.1. The van der Waals surface area contributed by atoms with Crippen LogP contribution in [0.2, 0.25) is 0 Å². The summed E-state index contributed by atoms with van der Waals surface area (Å²) in [4.78, 5) is 14.3. The van der Waals surface area contributed by atoms with Crippen LogP contribution in [0.3, 0.4) is 0 Å². The van der Waals surface area contributed by atoms with Crippen molar-refractivity contribution in [2.45, 2.75) is 39.2 Å². The van der Waals surface area contributed by atoms with E-state index in [9.17, 15) is 4.79 Å². The molecule has 1 atom stereocenters. The van der Waals surface area contributed by atoms with E-state index in [0.717, 1.165) is 38.2 Å². The van der Waals surface area contributed by atoms with Gasteiger partial charge in [-0.15, -0.1) is 0 Å². The van der Waals surface area contributed by atoms with Crippen LogP contribution in [0.5, 0.6) is 0 Å². The number of hydrogen-bond donors (Lipinski definition) is 2. The highest BCUT2D eigenvalue weighted by Crippen LogP contribution is 2.10. The second kappa shape index (κ2) is 6.00. The molecule has 1 aliphatic rings.